The molecule has 0 heterocycles. The van der Waals surface area contributed by atoms with E-state index in [4.69, 9.17) is 4.55 Å². The second kappa shape index (κ2) is 8.11. The molecule has 0 atom stereocenters. The van der Waals surface area contributed by atoms with Crippen molar-refractivity contribution < 1.29 is 134 Å². The molecule has 0 spiro atoms. The molecule has 0 saturated heterocycles. The molecule has 102 valence electrons. The van der Waals surface area contributed by atoms with Crippen LogP contribution in [0.3, 0.4) is 0 Å². The fourth-order valence-electron chi connectivity index (χ4n) is 1.74. The Bertz CT molecular complexity index is 876. The van der Waals surface area contributed by atoms with Crippen LogP contribution in [0.5, 0.6) is 5.75 Å². The van der Waals surface area contributed by atoms with Gasteiger partial charge in [0.1, 0.15) is 15.0 Å². The molecule has 0 unspecified atom stereocenters. The van der Waals surface area contributed by atoms with Gasteiger partial charge in [0.15, 0.2) is 0 Å². The topological polar surface area (TPSA) is 135 Å². The van der Waals surface area contributed by atoms with E-state index in [1.54, 1.807) is 0 Å². The van der Waals surface area contributed by atoms with Gasteiger partial charge in [0.25, 0.3) is 10.1 Å². The maximum atomic E-state index is 11.3. The smallest absolute Gasteiger partial charge is 0.872 e. The fraction of sp³-hybridized carbons (Fsp3) is 0. The minimum Gasteiger partial charge on any atom is -0.872 e. The average Bonchev–Trinajstić information content (AvgIpc) is 2.24. The van der Waals surface area contributed by atoms with Crippen LogP contribution in [0.4, 0.5) is 0 Å². The van der Waals surface area contributed by atoms with E-state index < -0.39 is 41.2 Å². The molecular weight excluding hydrogens is 374 g/mol. The van der Waals surface area contributed by atoms with Gasteiger partial charge in [0.2, 0.25) is 0 Å². The molecule has 0 aromatic heterocycles. The summed E-state index contributed by atoms with van der Waals surface area (Å²) in [7, 11) is -9.79. The van der Waals surface area contributed by atoms with E-state index in [9.17, 15) is 26.5 Å². The van der Waals surface area contributed by atoms with Gasteiger partial charge in [0.05, 0.1) is 4.90 Å². The van der Waals surface area contributed by atoms with E-state index in [0.717, 1.165) is 12.1 Å². The summed E-state index contributed by atoms with van der Waals surface area (Å²) < 4.78 is 64.7. The van der Waals surface area contributed by atoms with Gasteiger partial charge in [-0.2, -0.15) is 8.42 Å². The third-order valence-electron chi connectivity index (χ3n) is 2.42. The normalized spacial score (nSPS) is 11.5. The van der Waals surface area contributed by atoms with Crippen LogP contribution >= 0.6 is 0 Å². The van der Waals surface area contributed by atoms with Crippen molar-refractivity contribution in [3.05, 3.63) is 30.3 Å². The standard InChI is InChI=1S/C10H8O7S2.2K/c11-7-4-6-2-1-3-8(18(12,13)14)10(6)9(5-7)19(15,16)17;;/h1-5,11H,(H,12,13,14)(H,15,16,17);;/q;2*+1/p-2. The summed E-state index contributed by atoms with van der Waals surface area (Å²) in [6, 6.07) is 4.90. The van der Waals surface area contributed by atoms with Crippen LogP contribution < -0.4 is 108 Å². The van der Waals surface area contributed by atoms with Gasteiger partial charge in [-0.25, -0.2) is 8.42 Å². The van der Waals surface area contributed by atoms with Crippen LogP contribution in [-0.4, -0.2) is 25.9 Å². The van der Waals surface area contributed by atoms with Crippen LogP contribution in [-0.2, 0) is 20.2 Å². The van der Waals surface area contributed by atoms with Crippen LogP contribution in [0.2, 0.25) is 0 Å². The summed E-state index contributed by atoms with van der Waals surface area (Å²) in [6.07, 6.45) is 0. The summed E-state index contributed by atoms with van der Waals surface area (Å²) >= 11 is 0. The summed E-state index contributed by atoms with van der Waals surface area (Å²) in [5, 5.41) is 10.8. The molecular formula is C10H6K2O7S2. The molecule has 0 saturated carbocycles. The van der Waals surface area contributed by atoms with Crippen molar-refractivity contribution in [1.29, 1.82) is 0 Å². The van der Waals surface area contributed by atoms with Crippen molar-refractivity contribution in [1.82, 2.24) is 0 Å². The average molecular weight is 380 g/mol. The van der Waals surface area contributed by atoms with Crippen LogP contribution in [0, 0.1) is 0 Å². The molecule has 1 N–H and O–H groups in total. The first-order chi connectivity index (χ1) is 8.60. The Morgan fingerprint density at radius 1 is 0.952 bits per heavy atom. The van der Waals surface area contributed by atoms with E-state index >= 15 is 0 Å². The first kappa shape index (κ1) is 22.6. The molecule has 0 aliphatic rings. The van der Waals surface area contributed by atoms with Gasteiger partial charge in [-0.05, 0) is 17.5 Å². The minimum atomic E-state index is -4.95. The Balaban J connectivity index is 0.00000200. The zero-order valence-electron chi connectivity index (χ0n) is 11.1. The molecule has 0 aliphatic carbocycles. The van der Waals surface area contributed by atoms with Gasteiger partial charge < -0.3 is 9.66 Å². The number of benzene rings is 2. The van der Waals surface area contributed by atoms with Crippen molar-refractivity contribution in [3.8, 4) is 5.75 Å². The first-order valence-electron chi connectivity index (χ1n) is 4.78. The third kappa shape index (κ3) is 5.29. The predicted molar refractivity (Wildman–Crippen MR) is 61.2 cm³/mol. The molecule has 2 aromatic rings. The van der Waals surface area contributed by atoms with Gasteiger partial charge in [0, 0.05) is 5.39 Å². The summed E-state index contributed by atoms with van der Waals surface area (Å²) in [5.74, 6) is -0.736. The quantitative estimate of drug-likeness (QED) is 0.405. The minimum absolute atomic E-state index is 0. The van der Waals surface area contributed by atoms with Crippen molar-refractivity contribution in [2.24, 2.45) is 0 Å². The van der Waals surface area contributed by atoms with Gasteiger partial charge in [-0.1, -0.05) is 18.2 Å². The zero-order valence-corrected chi connectivity index (χ0v) is 19.0. The van der Waals surface area contributed by atoms with Crippen LogP contribution in [0.1, 0.15) is 0 Å². The molecule has 0 fully saturated rings. The maximum absolute atomic E-state index is 11.3. The molecule has 7 nitrogen and oxygen atoms in total. The number of rotatable bonds is 2. The Labute approximate surface area is 206 Å². The van der Waals surface area contributed by atoms with Crippen LogP contribution in [0.25, 0.3) is 10.8 Å². The Hall–Kier alpha value is 1.59. The first-order valence-corrected chi connectivity index (χ1v) is 7.63. The molecule has 0 aliphatic heterocycles. The second-order valence-corrected chi connectivity index (χ2v) is 6.44. The molecule has 2 rings (SSSR count). The van der Waals surface area contributed by atoms with E-state index in [1.165, 1.54) is 12.1 Å². The molecule has 2 aromatic carbocycles. The molecule has 11 heteroatoms. The Morgan fingerprint density at radius 2 is 1.52 bits per heavy atom. The summed E-state index contributed by atoms with van der Waals surface area (Å²) in [5.41, 5.74) is 0. The molecule has 0 radical (unpaired) electrons. The van der Waals surface area contributed by atoms with Crippen LogP contribution in [0.15, 0.2) is 40.1 Å². The van der Waals surface area contributed by atoms with E-state index in [0.29, 0.717) is 6.07 Å². The van der Waals surface area contributed by atoms with Crippen molar-refractivity contribution in [2.45, 2.75) is 9.79 Å². The number of fused-ring (bicyclic) bond motifs is 1. The van der Waals surface area contributed by atoms with E-state index in [1.807, 2.05) is 0 Å². The largest absolute Gasteiger partial charge is 1.00 e. The van der Waals surface area contributed by atoms with Crippen molar-refractivity contribution in [2.75, 3.05) is 0 Å². The predicted octanol–water partition coefficient (Wildman–Crippen LogP) is -5.93. The van der Waals surface area contributed by atoms with Gasteiger partial charge in [-0.15, -0.1) is 5.75 Å². The van der Waals surface area contributed by atoms with E-state index in [-0.39, 0.29) is 108 Å². The van der Waals surface area contributed by atoms with Crippen molar-refractivity contribution in [3.63, 3.8) is 0 Å². The number of hydrogen-bond acceptors (Lipinski definition) is 6. The SMILES string of the molecule is O=S(=O)([O-])c1cccc2cc([O-])cc(S(=O)(=O)O)c12.[K+].[K+]. The fourth-order valence-corrected chi connectivity index (χ4v) is 3.28. The molecule has 0 bridgehead atoms. The number of hydrogen-bond donors (Lipinski definition) is 1. The molecule has 0 amide bonds. The van der Waals surface area contributed by atoms with Gasteiger partial charge >= 0.3 is 103 Å². The Kier molecular flexibility index (Phi) is 8.73. The Morgan fingerprint density at radius 3 is 2.00 bits per heavy atom. The summed E-state index contributed by atoms with van der Waals surface area (Å²) in [4.78, 5) is -1.71. The third-order valence-corrected chi connectivity index (χ3v) is 4.18. The second-order valence-electron chi connectivity index (χ2n) is 3.70. The van der Waals surface area contributed by atoms with Crippen molar-refractivity contribution >= 4 is 31.0 Å². The van der Waals surface area contributed by atoms with Gasteiger partial charge in [-0.3, -0.25) is 4.55 Å². The zero-order chi connectivity index (χ0) is 14.4. The summed E-state index contributed by atoms with van der Waals surface area (Å²) in [6.45, 7) is 0. The monoisotopic (exact) mass is 380 g/mol. The maximum Gasteiger partial charge on any atom is 1.00 e. The molecule has 21 heavy (non-hydrogen) atoms. The van der Waals surface area contributed by atoms with E-state index in [2.05, 4.69) is 0 Å².